The summed E-state index contributed by atoms with van der Waals surface area (Å²) in [7, 11) is 0. The van der Waals surface area contributed by atoms with Crippen LogP contribution < -0.4 is 5.43 Å². The Kier molecular flexibility index (Phi) is 2.18. The third-order valence-electron chi connectivity index (χ3n) is 3.52. The Labute approximate surface area is 99.7 Å². The fourth-order valence-corrected chi connectivity index (χ4v) is 2.72. The highest BCUT2D eigenvalue weighted by molar-refractivity contribution is 5.93. The number of fused-ring (bicyclic) bond motifs is 3. The molecule has 1 aliphatic carbocycles. The molecule has 0 amide bonds. The van der Waals surface area contributed by atoms with Gasteiger partial charge in [-0.2, -0.15) is 5.10 Å². The molecule has 3 rings (SSSR count). The van der Waals surface area contributed by atoms with Crippen LogP contribution in [0, 0.1) is 0 Å². The van der Waals surface area contributed by atoms with Crippen molar-refractivity contribution in [2.45, 2.75) is 24.8 Å². The van der Waals surface area contributed by atoms with Gasteiger partial charge in [-0.05, 0) is 18.1 Å². The maximum Gasteiger partial charge on any atom is 0.334 e. The summed E-state index contributed by atoms with van der Waals surface area (Å²) in [6, 6.07) is 8.10. The van der Waals surface area contributed by atoms with Crippen LogP contribution in [0.1, 0.15) is 24.0 Å². The van der Waals surface area contributed by atoms with Crippen LogP contribution >= 0.6 is 0 Å². The molecule has 4 heteroatoms. The Morgan fingerprint density at radius 1 is 1.59 bits per heavy atom. The minimum Gasteiger partial charge on any atom is -0.464 e. The van der Waals surface area contributed by atoms with E-state index >= 15 is 0 Å². The van der Waals surface area contributed by atoms with Crippen molar-refractivity contribution in [3.05, 3.63) is 35.4 Å². The molecule has 1 N–H and O–H groups in total. The fourth-order valence-electron chi connectivity index (χ4n) is 2.72. The summed E-state index contributed by atoms with van der Waals surface area (Å²) in [5.41, 5.74) is 4.62. The predicted octanol–water partition coefficient (Wildman–Crippen LogP) is 1.22. The smallest absolute Gasteiger partial charge is 0.334 e. The maximum absolute atomic E-state index is 12.2. The summed E-state index contributed by atoms with van der Waals surface area (Å²) in [5, 5.41) is 4.07. The third-order valence-corrected chi connectivity index (χ3v) is 3.52. The molecule has 1 aromatic rings. The molecule has 88 valence electrons. The van der Waals surface area contributed by atoms with Crippen molar-refractivity contribution >= 4 is 12.2 Å². The van der Waals surface area contributed by atoms with E-state index in [4.69, 9.17) is 4.74 Å². The molecule has 0 bridgehead atoms. The Morgan fingerprint density at radius 2 is 2.41 bits per heavy atom. The molecule has 17 heavy (non-hydrogen) atoms. The van der Waals surface area contributed by atoms with E-state index in [0.29, 0.717) is 13.0 Å². The number of benzene rings is 1. The lowest BCUT2D eigenvalue weighted by atomic mass is 9.87. The molecule has 0 unspecified atom stereocenters. The molecule has 4 nitrogen and oxygen atoms in total. The van der Waals surface area contributed by atoms with Crippen LogP contribution in [0.25, 0.3) is 0 Å². The minimum atomic E-state index is -0.709. The van der Waals surface area contributed by atoms with Gasteiger partial charge in [-0.1, -0.05) is 24.3 Å². The topological polar surface area (TPSA) is 50.7 Å². The van der Waals surface area contributed by atoms with Gasteiger partial charge < -0.3 is 4.74 Å². The van der Waals surface area contributed by atoms with Gasteiger partial charge in [-0.3, -0.25) is 5.43 Å². The van der Waals surface area contributed by atoms with Gasteiger partial charge in [0.05, 0.1) is 12.5 Å². The van der Waals surface area contributed by atoms with E-state index in [2.05, 4.69) is 22.7 Å². The van der Waals surface area contributed by atoms with Crippen LogP contribution in [0.3, 0.4) is 0 Å². The zero-order chi connectivity index (χ0) is 11.9. The number of esters is 1. The number of nitrogens with one attached hydrogen (secondary N) is 1. The first-order valence-electron chi connectivity index (χ1n) is 5.83. The van der Waals surface area contributed by atoms with Gasteiger partial charge >= 0.3 is 5.97 Å². The van der Waals surface area contributed by atoms with Crippen LogP contribution in [0.15, 0.2) is 29.4 Å². The molecular weight excluding hydrogens is 216 g/mol. The van der Waals surface area contributed by atoms with Crippen molar-refractivity contribution in [3.63, 3.8) is 0 Å². The highest BCUT2D eigenvalue weighted by atomic mass is 16.5. The Balaban J connectivity index is 2.02. The number of rotatable bonds is 2. The predicted molar refractivity (Wildman–Crippen MR) is 63.9 cm³/mol. The molecule has 0 fully saturated rings. The second-order valence-corrected chi connectivity index (χ2v) is 4.44. The SMILES string of the molecule is CCOC(=O)[C@]12Cc3ccccc3[C@H]1C=NN2. The highest BCUT2D eigenvalue weighted by Crippen LogP contribution is 2.42. The first-order valence-corrected chi connectivity index (χ1v) is 5.83. The Hall–Kier alpha value is -1.84. The Bertz CT molecular complexity index is 498. The second kappa shape index (κ2) is 3.58. The van der Waals surface area contributed by atoms with Crippen molar-refractivity contribution in [2.24, 2.45) is 5.10 Å². The van der Waals surface area contributed by atoms with E-state index in [1.807, 2.05) is 25.3 Å². The largest absolute Gasteiger partial charge is 0.464 e. The van der Waals surface area contributed by atoms with Gasteiger partial charge in [-0.15, -0.1) is 0 Å². The number of carbonyl (C=O) groups is 1. The average Bonchev–Trinajstić information content (AvgIpc) is 2.86. The number of hydrogen-bond donors (Lipinski definition) is 1. The number of carbonyl (C=O) groups excluding carboxylic acids is 1. The minimum absolute atomic E-state index is 0.00208. The van der Waals surface area contributed by atoms with E-state index in [0.717, 1.165) is 0 Å². The molecule has 1 aromatic carbocycles. The van der Waals surface area contributed by atoms with Gasteiger partial charge in [0.2, 0.25) is 0 Å². The van der Waals surface area contributed by atoms with Gasteiger partial charge in [0.15, 0.2) is 5.54 Å². The highest BCUT2D eigenvalue weighted by Gasteiger charge is 2.54. The van der Waals surface area contributed by atoms with Gasteiger partial charge in [0.1, 0.15) is 0 Å². The van der Waals surface area contributed by atoms with E-state index in [1.54, 1.807) is 0 Å². The Morgan fingerprint density at radius 3 is 3.24 bits per heavy atom. The summed E-state index contributed by atoms with van der Waals surface area (Å²) >= 11 is 0. The van der Waals surface area contributed by atoms with E-state index in [-0.39, 0.29) is 11.9 Å². The molecule has 2 aliphatic rings. The molecule has 0 saturated carbocycles. The van der Waals surface area contributed by atoms with Crippen molar-refractivity contribution in [1.82, 2.24) is 5.43 Å². The summed E-state index contributed by atoms with van der Waals surface area (Å²) in [4.78, 5) is 12.2. The van der Waals surface area contributed by atoms with Crippen molar-refractivity contribution in [3.8, 4) is 0 Å². The first kappa shape index (κ1) is 10.3. The first-order chi connectivity index (χ1) is 8.28. The van der Waals surface area contributed by atoms with Gasteiger partial charge in [-0.25, -0.2) is 4.79 Å². The van der Waals surface area contributed by atoms with Crippen molar-refractivity contribution < 1.29 is 9.53 Å². The van der Waals surface area contributed by atoms with Crippen LogP contribution in [-0.2, 0) is 16.0 Å². The molecule has 1 heterocycles. The quantitative estimate of drug-likeness (QED) is 0.777. The van der Waals surface area contributed by atoms with Crippen LogP contribution in [0.5, 0.6) is 0 Å². The lowest BCUT2D eigenvalue weighted by molar-refractivity contribution is -0.150. The zero-order valence-electron chi connectivity index (χ0n) is 9.64. The normalized spacial score (nSPS) is 28.4. The average molecular weight is 230 g/mol. The zero-order valence-corrected chi connectivity index (χ0v) is 9.64. The molecule has 0 saturated heterocycles. The van der Waals surface area contributed by atoms with E-state index < -0.39 is 5.54 Å². The summed E-state index contributed by atoms with van der Waals surface area (Å²) < 4.78 is 5.18. The number of hydrogen-bond acceptors (Lipinski definition) is 4. The molecular formula is C13H14N2O2. The molecule has 0 radical (unpaired) electrons. The van der Waals surface area contributed by atoms with Crippen LogP contribution in [-0.4, -0.2) is 24.3 Å². The standard InChI is InChI=1S/C13H14N2O2/c1-2-17-12(16)13-7-9-5-3-4-6-10(9)11(13)8-14-15-13/h3-6,8,11,15H,2,7H2,1H3/t11-,13+/m1/s1. The van der Waals surface area contributed by atoms with E-state index in [9.17, 15) is 4.79 Å². The third kappa shape index (κ3) is 1.30. The van der Waals surface area contributed by atoms with Crippen molar-refractivity contribution in [2.75, 3.05) is 6.61 Å². The number of hydrazone groups is 1. The van der Waals surface area contributed by atoms with Crippen LogP contribution in [0.4, 0.5) is 0 Å². The fraction of sp³-hybridized carbons (Fsp3) is 0.385. The second-order valence-electron chi connectivity index (χ2n) is 4.44. The molecule has 2 atom stereocenters. The number of nitrogens with zero attached hydrogens (tertiary/aromatic N) is 1. The van der Waals surface area contributed by atoms with Crippen LogP contribution in [0.2, 0.25) is 0 Å². The van der Waals surface area contributed by atoms with Crippen molar-refractivity contribution in [1.29, 1.82) is 0 Å². The maximum atomic E-state index is 12.2. The lowest BCUT2D eigenvalue weighted by Crippen LogP contribution is -2.51. The summed E-state index contributed by atoms with van der Waals surface area (Å²) in [6.45, 7) is 2.22. The molecule has 0 aromatic heterocycles. The van der Waals surface area contributed by atoms with Gasteiger partial charge in [0, 0.05) is 12.6 Å². The molecule has 0 spiro atoms. The van der Waals surface area contributed by atoms with Gasteiger partial charge in [0.25, 0.3) is 0 Å². The summed E-state index contributed by atoms with van der Waals surface area (Å²) in [6.07, 6.45) is 2.45. The van der Waals surface area contributed by atoms with E-state index in [1.165, 1.54) is 11.1 Å². The monoisotopic (exact) mass is 230 g/mol. The molecule has 1 aliphatic heterocycles. The number of ether oxygens (including phenoxy) is 1. The summed E-state index contributed by atoms with van der Waals surface area (Å²) in [5.74, 6) is -0.212. The lowest BCUT2D eigenvalue weighted by Gasteiger charge is -2.25.